The first kappa shape index (κ1) is 12.2. The lowest BCUT2D eigenvalue weighted by atomic mass is 9.96. The van der Waals surface area contributed by atoms with Gasteiger partial charge in [-0.1, -0.05) is 38.1 Å². The van der Waals surface area contributed by atoms with E-state index in [2.05, 4.69) is 10.1 Å². The van der Waals surface area contributed by atoms with Crippen LogP contribution in [0.5, 0.6) is 0 Å². The van der Waals surface area contributed by atoms with Gasteiger partial charge in [-0.05, 0) is 6.07 Å². The number of nitro groups is 1. The van der Waals surface area contributed by atoms with Crippen molar-refractivity contribution in [2.24, 2.45) is 0 Å². The fourth-order valence-corrected chi connectivity index (χ4v) is 1.45. The molecule has 2 rings (SSSR count). The molecular weight excluding hydrogens is 234 g/mol. The van der Waals surface area contributed by atoms with Gasteiger partial charge in [-0.25, -0.2) is 0 Å². The monoisotopic (exact) mass is 247 g/mol. The molecule has 0 saturated carbocycles. The SMILES string of the molecule is CC(C)(C)c1noc(-c2ccccc2[N+](=O)[O-])n1. The fourth-order valence-electron chi connectivity index (χ4n) is 1.45. The van der Waals surface area contributed by atoms with Crippen LogP contribution in [-0.2, 0) is 5.41 Å². The van der Waals surface area contributed by atoms with Crippen molar-refractivity contribution in [2.45, 2.75) is 26.2 Å². The van der Waals surface area contributed by atoms with Crippen LogP contribution in [0, 0.1) is 10.1 Å². The molecule has 6 heteroatoms. The molecule has 2 aromatic rings. The topological polar surface area (TPSA) is 82.1 Å². The van der Waals surface area contributed by atoms with Crippen molar-refractivity contribution in [3.05, 3.63) is 40.2 Å². The normalized spacial score (nSPS) is 11.5. The molecular formula is C12H13N3O3. The van der Waals surface area contributed by atoms with Crippen molar-refractivity contribution in [3.8, 4) is 11.5 Å². The van der Waals surface area contributed by atoms with Gasteiger partial charge in [0.2, 0.25) is 0 Å². The van der Waals surface area contributed by atoms with Gasteiger partial charge < -0.3 is 4.52 Å². The highest BCUT2D eigenvalue weighted by atomic mass is 16.6. The second-order valence-electron chi connectivity index (χ2n) is 4.95. The van der Waals surface area contributed by atoms with Gasteiger partial charge in [-0.3, -0.25) is 10.1 Å². The molecule has 0 aliphatic rings. The Balaban J connectivity index is 2.50. The summed E-state index contributed by atoms with van der Waals surface area (Å²) in [6.07, 6.45) is 0. The van der Waals surface area contributed by atoms with E-state index in [0.717, 1.165) is 0 Å². The maximum atomic E-state index is 10.9. The van der Waals surface area contributed by atoms with Gasteiger partial charge in [0.15, 0.2) is 5.82 Å². The van der Waals surface area contributed by atoms with Crippen LogP contribution in [0.25, 0.3) is 11.5 Å². The van der Waals surface area contributed by atoms with Gasteiger partial charge >= 0.3 is 0 Å². The van der Waals surface area contributed by atoms with Crippen LogP contribution in [0.2, 0.25) is 0 Å². The molecule has 0 aliphatic heterocycles. The van der Waals surface area contributed by atoms with Gasteiger partial charge in [0, 0.05) is 11.5 Å². The molecule has 1 heterocycles. The molecule has 0 saturated heterocycles. The number of benzene rings is 1. The Bertz CT molecular complexity index is 584. The summed E-state index contributed by atoms with van der Waals surface area (Å²) in [5.41, 5.74) is 0.0396. The van der Waals surface area contributed by atoms with Crippen LogP contribution in [0.4, 0.5) is 5.69 Å². The van der Waals surface area contributed by atoms with Crippen LogP contribution >= 0.6 is 0 Å². The minimum atomic E-state index is -0.462. The van der Waals surface area contributed by atoms with Crippen LogP contribution in [-0.4, -0.2) is 15.1 Å². The zero-order chi connectivity index (χ0) is 13.3. The van der Waals surface area contributed by atoms with E-state index >= 15 is 0 Å². The summed E-state index contributed by atoms with van der Waals surface area (Å²) in [6.45, 7) is 5.84. The molecule has 0 bridgehead atoms. The number of aromatic nitrogens is 2. The Morgan fingerprint density at radius 3 is 2.50 bits per heavy atom. The van der Waals surface area contributed by atoms with E-state index in [9.17, 15) is 10.1 Å². The minimum absolute atomic E-state index is 0.0402. The van der Waals surface area contributed by atoms with Crippen molar-refractivity contribution in [1.82, 2.24) is 10.1 Å². The molecule has 0 atom stereocenters. The van der Waals surface area contributed by atoms with Crippen LogP contribution in [0.15, 0.2) is 28.8 Å². The predicted octanol–water partition coefficient (Wildman–Crippen LogP) is 2.94. The standard InChI is InChI=1S/C12H13N3O3/c1-12(2,3)11-13-10(18-14-11)8-6-4-5-7-9(8)15(16)17/h4-7H,1-3H3. The number of hydrogen-bond donors (Lipinski definition) is 0. The van der Waals surface area contributed by atoms with Crippen molar-refractivity contribution < 1.29 is 9.45 Å². The largest absolute Gasteiger partial charge is 0.334 e. The third-order valence-corrected chi connectivity index (χ3v) is 2.43. The van der Waals surface area contributed by atoms with E-state index < -0.39 is 4.92 Å². The van der Waals surface area contributed by atoms with E-state index in [4.69, 9.17) is 4.52 Å². The molecule has 0 amide bonds. The number of nitrogens with zero attached hydrogens (tertiary/aromatic N) is 3. The summed E-state index contributed by atoms with van der Waals surface area (Å²) in [5.74, 6) is 0.697. The first-order chi connectivity index (χ1) is 8.39. The highest BCUT2D eigenvalue weighted by Gasteiger charge is 2.24. The second kappa shape index (κ2) is 4.21. The maximum Gasteiger partial charge on any atom is 0.282 e. The first-order valence-corrected chi connectivity index (χ1v) is 5.47. The smallest absolute Gasteiger partial charge is 0.282 e. The molecule has 1 aromatic carbocycles. The third kappa shape index (κ3) is 2.22. The highest BCUT2D eigenvalue weighted by Crippen LogP contribution is 2.29. The summed E-state index contributed by atoms with van der Waals surface area (Å²) < 4.78 is 5.10. The molecule has 6 nitrogen and oxygen atoms in total. The summed E-state index contributed by atoms with van der Waals surface area (Å²) in [4.78, 5) is 14.7. The minimum Gasteiger partial charge on any atom is -0.334 e. The fraction of sp³-hybridized carbons (Fsp3) is 0.333. The van der Waals surface area contributed by atoms with E-state index in [1.807, 2.05) is 20.8 Å². The summed E-state index contributed by atoms with van der Waals surface area (Å²) in [6, 6.07) is 6.31. The Morgan fingerprint density at radius 2 is 1.94 bits per heavy atom. The van der Waals surface area contributed by atoms with Crippen LogP contribution in [0.1, 0.15) is 26.6 Å². The van der Waals surface area contributed by atoms with E-state index in [1.165, 1.54) is 6.07 Å². The number of nitro benzene ring substituents is 1. The molecule has 0 radical (unpaired) electrons. The van der Waals surface area contributed by atoms with Gasteiger partial charge in [0.25, 0.3) is 11.6 Å². The number of rotatable bonds is 2. The molecule has 0 N–H and O–H groups in total. The maximum absolute atomic E-state index is 10.9. The second-order valence-corrected chi connectivity index (χ2v) is 4.95. The van der Waals surface area contributed by atoms with Crippen LogP contribution in [0.3, 0.4) is 0 Å². The number of para-hydroxylation sites is 1. The molecule has 0 aliphatic carbocycles. The lowest BCUT2D eigenvalue weighted by Crippen LogP contribution is -2.13. The van der Waals surface area contributed by atoms with E-state index in [-0.39, 0.29) is 17.0 Å². The van der Waals surface area contributed by atoms with E-state index in [0.29, 0.717) is 11.4 Å². The average molecular weight is 247 g/mol. The summed E-state index contributed by atoms with van der Waals surface area (Å²) in [7, 11) is 0. The van der Waals surface area contributed by atoms with Crippen molar-refractivity contribution in [2.75, 3.05) is 0 Å². The van der Waals surface area contributed by atoms with Gasteiger partial charge in [-0.15, -0.1) is 0 Å². The Morgan fingerprint density at radius 1 is 1.28 bits per heavy atom. The molecule has 94 valence electrons. The Kier molecular flexibility index (Phi) is 2.86. The lowest BCUT2D eigenvalue weighted by Gasteiger charge is -2.10. The summed E-state index contributed by atoms with van der Waals surface area (Å²) in [5, 5.41) is 14.8. The predicted molar refractivity (Wildman–Crippen MR) is 65.1 cm³/mol. The Labute approximate surface area is 104 Å². The van der Waals surface area contributed by atoms with E-state index in [1.54, 1.807) is 18.2 Å². The molecule has 18 heavy (non-hydrogen) atoms. The number of hydrogen-bond acceptors (Lipinski definition) is 5. The molecule has 1 aromatic heterocycles. The quantitative estimate of drug-likeness (QED) is 0.601. The lowest BCUT2D eigenvalue weighted by molar-refractivity contribution is -0.384. The van der Waals surface area contributed by atoms with Gasteiger partial charge in [0.1, 0.15) is 5.56 Å². The highest BCUT2D eigenvalue weighted by molar-refractivity contribution is 5.66. The van der Waals surface area contributed by atoms with Crippen molar-refractivity contribution in [3.63, 3.8) is 0 Å². The molecule has 0 fully saturated rings. The third-order valence-electron chi connectivity index (χ3n) is 2.43. The van der Waals surface area contributed by atoms with Gasteiger partial charge in [0.05, 0.1) is 4.92 Å². The van der Waals surface area contributed by atoms with Crippen molar-refractivity contribution in [1.29, 1.82) is 0 Å². The zero-order valence-electron chi connectivity index (χ0n) is 10.4. The summed E-state index contributed by atoms with van der Waals surface area (Å²) >= 11 is 0. The average Bonchev–Trinajstić information content (AvgIpc) is 2.77. The molecule has 0 spiro atoms. The molecule has 0 unspecified atom stereocenters. The first-order valence-electron chi connectivity index (χ1n) is 5.47. The van der Waals surface area contributed by atoms with Gasteiger partial charge in [-0.2, -0.15) is 4.98 Å². The van der Waals surface area contributed by atoms with Crippen LogP contribution < -0.4 is 0 Å². The Hall–Kier alpha value is -2.24. The zero-order valence-corrected chi connectivity index (χ0v) is 10.4. The van der Waals surface area contributed by atoms with Crippen molar-refractivity contribution >= 4 is 5.69 Å².